The largest absolute Gasteiger partial charge is 0.359 e. The molecule has 2 N–H and O–H groups in total. The van der Waals surface area contributed by atoms with E-state index >= 15 is 0 Å². The van der Waals surface area contributed by atoms with Crippen molar-refractivity contribution >= 4 is 0 Å². The Morgan fingerprint density at radius 2 is 2.40 bits per heavy atom. The Morgan fingerprint density at radius 1 is 1.80 bits per heavy atom. The highest BCUT2D eigenvalue weighted by Gasteiger charge is 1.36. The van der Waals surface area contributed by atoms with Crippen molar-refractivity contribution in [1.82, 2.24) is 0 Å². The number of hydrogen-bond donors (Lipinski definition) is 1. The highest BCUT2D eigenvalue weighted by atomic mass is 14.4. The Bertz CT molecular complexity index is 73.4. The van der Waals surface area contributed by atoms with Crippen molar-refractivity contribution in [3.8, 4) is 12.0 Å². The summed E-state index contributed by atoms with van der Waals surface area (Å²) in [5.74, 6) is 2.40. The van der Waals surface area contributed by atoms with Crippen LogP contribution in [0.5, 0.6) is 0 Å². The highest BCUT2D eigenvalue weighted by Crippen LogP contribution is 1.44. The van der Waals surface area contributed by atoms with Gasteiger partial charge in [-0.2, -0.15) is 0 Å². The summed E-state index contributed by atoms with van der Waals surface area (Å²) in [6, 6.07) is 2.15. The molecule has 5 heavy (non-hydrogen) atoms. The van der Waals surface area contributed by atoms with E-state index in [1.54, 1.807) is 0 Å². The lowest BCUT2D eigenvalue weighted by molar-refractivity contribution is 1.74. The fraction of sp³-hybridized carbons (Fsp3) is 0. The molecule has 0 aromatic carbocycles. The van der Waals surface area contributed by atoms with Crippen LogP contribution in [-0.2, 0) is 0 Å². The summed E-state index contributed by atoms with van der Waals surface area (Å²) in [5.41, 5.74) is 4.71. The summed E-state index contributed by atoms with van der Waals surface area (Å²) in [6.45, 7) is 3.30. The van der Waals surface area contributed by atoms with Crippen LogP contribution in [0.3, 0.4) is 0 Å². The van der Waals surface area contributed by atoms with Crippen LogP contribution in [0.4, 0.5) is 0 Å². The Morgan fingerprint density at radius 3 is 2.40 bits per heavy atom. The zero-order chi connectivity index (χ0) is 4.12. The first-order valence-electron chi connectivity index (χ1n) is 1.24. The van der Waals surface area contributed by atoms with Crippen molar-refractivity contribution in [2.75, 3.05) is 0 Å². The van der Waals surface area contributed by atoms with Gasteiger partial charge in [-0.15, -0.1) is 0 Å². The van der Waals surface area contributed by atoms with E-state index in [1.165, 1.54) is 6.08 Å². The zero-order valence-electron chi connectivity index (χ0n) is 2.86. The molecule has 0 radical (unpaired) electrons. The molecule has 0 aliphatic heterocycles. The first-order valence-corrected chi connectivity index (χ1v) is 1.24. The smallest absolute Gasteiger partial charge is 0.00634 e. The van der Waals surface area contributed by atoms with Gasteiger partial charge in [0.25, 0.3) is 0 Å². The fourth-order valence-corrected chi connectivity index (χ4v) is 0.0589. The van der Waals surface area contributed by atoms with Crippen LogP contribution in [0.15, 0.2) is 12.7 Å². The standard InChI is InChI=1S/C4H5N/c1-2-3-4-5/h2H,1,5H2. The van der Waals surface area contributed by atoms with Crippen LogP contribution < -0.4 is 5.73 Å². The molecule has 0 aromatic heterocycles. The number of nitrogens with two attached hydrogens (primary N) is 1. The molecule has 1 nitrogen and oxygen atoms in total. The molecule has 26 valence electrons. The molecule has 0 amide bonds. The third-order valence-electron chi connectivity index (χ3n) is 0.185. The monoisotopic (exact) mass is 67.0 g/mol. The van der Waals surface area contributed by atoms with Crippen molar-refractivity contribution in [3.05, 3.63) is 12.7 Å². The second-order valence-electron chi connectivity index (χ2n) is 0.493. The van der Waals surface area contributed by atoms with E-state index in [-0.39, 0.29) is 0 Å². The molecular formula is C4H5N. The highest BCUT2D eigenvalue weighted by molar-refractivity contribution is 5.08. The van der Waals surface area contributed by atoms with Crippen LogP contribution in [-0.4, -0.2) is 0 Å². The number of hydrogen-bond acceptors (Lipinski definition) is 1. The normalized spacial score (nSPS) is 4.00. The minimum atomic E-state index is 1.44. The summed E-state index contributed by atoms with van der Waals surface area (Å²) in [4.78, 5) is 0. The quantitative estimate of drug-likeness (QED) is 0.315. The molecule has 0 bridgehead atoms. The Hall–Kier alpha value is -0.900. The molecule has 0 unspecified atom stereocenters. The SMILES string of the molecule is C=CC#CN. The summed E-state index contributed by atoms with van der Waals surface area (Å²) >= 11 is 0. The molecule has 0 aliphatic rings. The third-order valence-corrected chi connectivity index (χ3v) is 0.185. The summed E-state index contributed by atoms with van der Waals surface area (Å²) in [5, 5.41) is 0. The van der Waals surface area contributed by atoms with E-state index in [0.717, 1.165) is 0 Å². The topological polar surface area (TPSA) is 26.0 Å². The molecule has 0 aliphatic carbocycles. The molecular weight excluding hydrogens is 62.1 g/mol. The van der Waals surface area contributed by atoms with Crippen LogP contribution in [0.2, 0.25) is 0 Å². The first kappa shape index (κ1) is 4.10. The Balaban J connectivity index is 3.16. The molecule has 0 spiro atoms. The second kappa shape index (κ2) is 3.10. The van der Waals surface area contributed by atoms with Gasteiger partial charge in [0.2, 0.25) is 0 Å². The number of allylic oxidation sites excluding steroid dienone is 1. The van der Waals surface area contributed by atoms with Crippen molar-refractivity contribution < 1.29 is 0 Å². The van der Waals surface area contributed by atoms with Crippen molar-refractivity contribution in [2.45, 2.75) is 0 Å². The predicted molar refractivity (Wildman–Crippen MR) is 22.2 cm³/mol. The van der Waals surface area contributed by atoms with Gasteiger partial charge in [-0.1, -0.05) is 12.5 Å². The van der Waals surface area contributed by atoms with E-state index in [2.05, 4.69) is 18.5 Å². The fourth-order valence-electron chi connectivity index (χ4n) is 0.0589. The van der Waals surface area contributed by atoms with Crippen LogP contribution >= 0.6 is 0 Å². The van der Waals surface area contributed by atoms with Gasteiger partial charge in [0.05, 0.1) is 0 Å². The van der Waals surface area contributed by atoms with E-state index < -0.39 is 0 Å². The van der Waals surface area contributed by atoms with E-state index in [1.807, 2.05) is 0 Å². The Labute approximate surface area is 31.5 Å². The molecule has 1 heteroatoms. The van der Waals surface area contributed by atoms with Crippen molar-refractivity contribution in [2.24, 2.45) is 5.73 Å². The predicted octanol–water partition coefficient (Wildman–Crippen LogP) is 0.0920. The molecule has 0 saturated heterocycles. The molecule has 0 saturated carbocycles. The third kappa shape index (κ3) is 3.10. The molecule has 0 heterocycles. The number of rotatable bonds is 0. The summed E-state index contributed by atoms with van der Waals surface area (Å²) in [6.07, 6.45) is 1.44. The van der Waals surface area contributed by atoms with Gasteiger partial charge in [-0.3, -0.25) is 0 Å². The molecule has 0 atom stereocenters. The van der Waals surface area contributed by atoms with Gasteiger partial charge in [0.15, 0.2) is 0 Å². The maximum absolute atomic E-state index is 4.71. The second-order valence-corrected chi connectivity index (χ2v) is 0.493. The lowest BCUT2D eigenvalue weighted by Gasteiger charge is -1.49. The van der Waals surface area contributed by atoms with Crippen LogP contribution in [0.1, 0.15) is 0 Å². The van der Waals surface area contributed by atoms with Gasteiger partial charge < -0.3 is 5.73 Å². The lowest BCUT2D eigenvalue weighted by atomic mass is 10.7. The van der Waals surface area contributed by atoms with Gasteiger partial charge >= 0.3 is 0 Å². The van der Waals surface area contributed by atoms with E-state index in [0.29, 0.717) is 0 Å². The van der Waals surface area contributed by atoms with E-state index in [9.17, 15) is 0 Å². The minimum Gasteiger partial charge on any atom is -0.359 e. The molecule has 0 rings (SSSR count). The van der Waals surface area contributed by atoms with Gasteiger partial charge in [0, 0.05) is 6.04 Å². The first-order chi connectivity index (χ1) is 2.41. The van der Waals surface area contributed by atoms with Crippen molar-refractivity contribution in [1.29, 1.82) is 0 Å². The zero-order valence-corrected chi connectivity index (χ0v) is 2.86. The lowest BCUT2D eigenvalue weighted by Crippen LogP contribution is -1.72. The van der Waals surface area contributed by atoms with Gasteiger partial charge in [0.1, 0.15) is 0 Å². The maximum Gasteiger partial charge on any atom is 0.00634 e. The Kier molecular flexibility index (Phi) is 2.54. The van der Waals surface area contributed by atoms with Crippen LogP contribution in [0, 0.1) is 12.0 Å². The average Bonchev–Trinajstić information content (AvgIpc) is 1.41. The van der Waals surface area contributed by atoms with Gasteiger partial charge in [-0.05, 0) is 6.08 Å². The summed E-state index contributed by atoms with van der Waals surface area (Å²) in [7, 11) is 0. The summed E-state index contributed by atoms with van der Waals surface area (Å²) < 4.78 is 0. The minimum absolute atomic E-state index is 1.44. The van der Waals surface area contributed by atoms with Gasteiger partial charge in [-0.25, -0.2) is 0 Å². The maximum atomic E-state index is 4.71. The molecule has 0 aromatic rings. The van der Waals surface area contributed by atoms with Crippen molar-refractivity contribution in [3.63, 3.8) is 0 Å². The van der Waals surface area contributed by atoms with Crippen LogP contribution in [0.25, 0.3) is 0 Å². The molecule has 0 fully saturated rings. The van der Waals surface area contributed by atoms with E-state index in [4.69, 9.17) is 5.73 Å². The average molecular weight is 67.1 g/mol.